The largest absolute Gasteiger partial charge is 0.378 e. The monoisotopic (exact) mass is 371 g/mol. The van der Waals surface area contributed by atoms with Gasteiger partial charge in [0.15, 0.2) is 0 Å². The molecule has 5 rings (SSSR count). The molecule has 2 fully saturated rings. The molecule has 1 aromatic carbocycles. The van der Waals surface area contributed by atoms with Crippen molar-refractivity contribution in [1.29, 1.82) is 0 Å². The van der Waals surface area contributed by atoms with Gasteiger partial charge in [0.2, 0.25) is 0 Å². The quantitative estimate of drug-likeness (QED) is 0.631. The highest BCUT2D eigenvalue weighted by atomic mass is 19.1. The molecule has 2 aromatic heterocycles. The van der Waals surface area contributed by atoms with E-state index in [0.29, 0.717) is 19.4 Å². The third-order valence-corrected chi connectivity index (χ3v) is 6.04. The minimum Gasteiger partial charge on any atom is -0.378 e. The van der Waals surface area contributed by atoms with Gasteiger partial charge < -0.3 is 9.30 Å². The predicted octanol–water partition coefficient (Wildman–Crippen LogP) is 5.07. The van der Waals surface area contributed by atoms with E-state index in [4.69, 9.17) is 9.72 Å². The summed E-state index contributed by atoms with van der Waals surface area (Å²) in [6, 6.07) is 4.89. The molecule has 0 radical (unpaired) electrons. The van der Waals surface area contributed by atoms with Crippen molar-refractivity contribution in [2.75, 3.05) is 6.61 Å². The fourth-order valence-electron chi connectivity index (χ4n) is 4.78. The van der Waals surface area contributed by atoms with Crippen LogP contribution < -0.4 is 0 Å². The zero-order valence-corrected chi connectivity index (χ0v) is 15.6. The van der Waals surface area contributed by atoms with Crippen LogP contribution in [0.3, 0.4) is 0 Å². The van der Waals surface area contributed by atoms with Crippen LogP contribution in [0.1, 0.15) is 57.3 Å². The molecule has 142 valence electrons. The summed E-state index contributed by atoms with van der Waals surface area (Å²) in [7, 11) is 0. The van der Waals surface area contributed by atoms with Gasteiger partial charge in [-0.3, -0.25) is 4.98 Å². The summed E-state index contributed by atoms with van der Waals surface area (Å²) in [4.78, 5) is 9.31. The second-order valence-corrected chi connectivity index (χ2v) is 8.37. The summed E-state index contributed by atoms with van der Waals surface area (Å²) in [5, 5.41) is 0.771. The van der Waals surface area contributed by atoms with E-state index in [0.717, 1.165) is 40.6 Å². The molecule has 1 saturated heterocycles. The summed E-state index contributed by atoms with van der Waals surface area (Å²) >= 11 is 0. The normalized spacial score (nSPS) is 31.3. The number of halogens is 2. The molecule has 0 spiro atoms. The summed E-state index contributed by atoms with van der Waals surface area (Å²) in [6.07, 6.45) is 4.63. The van der Waals surface area contributed by atoms with Gasteiger partial charge in [-0.2, -0.15) is 0 Å². The average molecular weight is 371 g/mol. The third kappa shape index (κ3) is 2.81. The van der Waals surface area contributed by atoms with Gasteiger partial charge in [-0.25, -0.2) is 13.8 Å². The standard InChI is InChI=1S/C21H23F2N3O/c1-12-7-15(5-6-27-12)26-19-16-8-14(22)3-4-17(16)24-11-18(19)25-20(26)13-9-21(2,23)10-13/h3-4,8,11-13,15H,5-7,9-10H2,1-2H3/t12-,13-,15-,21+/m1/s1. The fourth-order valence-corrected chi connectivity index (χ4v) is 4.78. The van der Waals surface area contributed by atoms with E-state index < -0.39 is 5.67 Å². The van der Waals surface area contributed by atoms with Crippen LogP contribution in [0.2, 0.25) is 0 Å². The zero-order chi connectivity index (χ0) is 18.8. The molecule has 2 aliphatic rings. The van der Waals surface area contributed by atoms with Crippen LogP contribution in [0.25, 0.3) is 21.9 Å². The molecule has 0 N–H and O–H groups in total. The molecule has 1 aliphatic carbocycles. The van der Waals surface area contributed by atoms with Gasteiger partial charge in [0.25, 0.3) is 0 Å². The lowest BCUT2D eigenvalue weighted by atomic mass is 9.73. The predicted molar refractivity (Wildman–Crippen MR) is 100 cm³/mol. The molecule has 0 bridgehead atoms. The number of ether oxygens (including phenoxy) is 1. The molecule has 0 amide bonds. The Bertz CT molecular complexity index is 1020. The van der Waals surface area contributed by atoms with Crippen LogP contribution in [0.5, 0.6) is 0 Å². The number of hydrogen-bond acceptors (Lipinski definition) is 3. The van der Waals surface area contributed by atoms with E-state index in [-0.39, 0.29) is 23.9 Å². The van der Waals surface area contributed by atoms with Crippen molar-refractivity contribution >= 4 is 21.9 Å². The molecule has 27 heavy (non-hydrogen) atoms. The highest BCUT2D eigenvalue weighted by Gasteiger charge is 2.44. The number of hydrogen-bond donors (Lipinski definition) is 0. The number of imidazole rings is 1. The highest BCUT2D eigenvalue weighted by molar-refractivity contribution is 6.02. The van der Waals surface area contributed by atoms with Crippen molar-refractivity contribution < 1.29 is 13.5 Å². The third-order valence-electron chi connectivity index (χ3n) is 6.04. The summed E-state index contributed by atoms with van der Waals surface area (Å²) in [5.41, 5.74) is 1.31. The van der Waals surface area contributed by atoms with Gasteiger partial charge in [-0.1, -0.05) is 0 Å². The van der Waals surface area contributed by atoms with E-state index >= 15 is 0 Å². The van der Waals surface area contributed by atoms with Crippen LogP contribution >= 0.6 is 0 Å². The van der Waals surface area contributed by atoms with Crippen molar-refractivity contribution in [2.24, 2.45) is 0 Å². The number of aromatic nitrogens is 3. The van der Waals surface area contributed by atoms with Gasteiger partial charge in [0, 0.05) is 24.0 Å². The molecule has 3 aromatic rings. The minimum absolute atomic E-state index is 0.0918. The first-order chi connectivity index (χ1) is 12.9. The van der Waals surface area contributed by atoms with Crippen molar-refractivity contribution in [1.82, 2.24) is 14.5 Å². The van der Waals surface area contributed by atoms with Gasteiger partial charge in [-0.15, -0.1) is 0 Å². The van der Waals surface area contributed by atoms with Gasteiger partial charge in [0.1, 0.15) is 22.8 Å². The Kier molecular flexibility index (Phi) is 3.76. The smallest absolute Gasteiger partial charge is 0.124 e. The molecule has 3 heterocycles. The lowest BCUT2D eigenvalue weighted by Crippen LogP contribution is -2.37. The van der Waals surface area contributed by atoms with E-state index in [1.54, 1.807) is 19.2 Å². The summed E-state index contributed by atoms with van der Waals surface area (Å²) in [6.45, 7) is 4.42. The number of nitrogens with zero attached hydrogens (tertiary/aromatic N) is 3. The van der Waals surface area contributed by atoms with Crippen molar-refractivity contribution in [3.63, 3.8) is 0 Å². The molecule has 1 saturated carbocycles. The van der Waals surface area contributed by atoms with Crippen LogP contribution in [0.4, 0.5) is 8.78 Å². The maximum absolute atomic E-state index is 14.2. The molecule has 4 nitrogen and oxygen atoms in total. The molecule has 6 heteroatoms. The first kappa shape index (κ1) is 17.0. The molecule has 1 aliphatic heterocycles. The Morgan fingerprint density at radius 1 is 1.26 bits per heavy atom. The highest BCUT2D eigenvalue weighted by Crippen LogP contribution is 2.48. The maximum Gasteiger partial charge on any atom is 0.124 e. The molecular weight excluding hydrogens is 348 g/mol. The Morgan fingerprint density at radius 3 is 2.81 bits per heavy atom. The van der Waals surface area contributed by atoms with Crippen LogP contribution in [-0.2, 0) is 4.74 Å². The van der Waals surface area contributed by atoms with Crippen LogP contribution in [0.15, 0.2) is 24.4 Å². The molecular formula is C21H23F2N3O. The summed E-state index contributed by atoms with van der Waals surface area (Å²) in [5.74, 6) is 0.721. The van der Waals surface area contributed by atoms with Crippen molar-refractivity contribution in [3.8, 4) is 0 Å². The van der Waals surface area contributed by atoms with Crippen molar-refractivity contribution in [3.05, 3.63) is 36.0 Å². The van der Waals surface area contributed by atoms with E-state index in [9.17, 15) is 8.78 Å². The Balaban J connectivity index is 1.74. The lowest BCUT2D eigenvalue weighted by molar-refractivity contribution is 0.00394. The lowest BCUT2D eigenvalue weighted by Gasteiger charge is -2.40. The van der Waals surface area contributed by atoms with Gasteiger partial charge >= 0.3 is 0 Å². The SMILES string of the molecule is C[C@@H]1C[C@H](n2c3c(cnc4ccc(F)cc43)nc2[C@H]2C[C@@](C)(F)C2)CCO1. The molecule has 0 unspecified atom stereocenters. The fraction of sp³-hybridized carbons (Fsp3) is 0.524. The van der Waals surface area contributed by atoms with Crippen molar-refractivity contribution in [2.45, 2.75) is 63.3 Å². The average Bonchev–Trinajstić information content (AvgIpc) is 2.99. The van der Waals surface area contributed by atoms with Crippen LogP contribution in [-0.4, -0.2) is 32.9 Å². The Hall–Kier alpha value is -2.08. The van der Waals surface area contributed by atoms with E-state index in [1.807, 2.05) is 0 Å². The van der Waals surface area contributed by atoms with Gasteiger partial charge in [0.05, 0.1) is 23.3 Å². The topological polar surface area (TPSA) is 39.9 Å². The zero-order valence-electron chi connectivity index (χ0n) is 15.6. The van der Waals surface area contributed by atoms with Crippen LogP contribution in [0, 0.1) is 5.82 Å². The number of alkyl halides is 1. The minimum atomic E-state index is -1.12. The van der Waals surface area contributed by atoms with E-state index in [1.165, 1.54) is 12.1 Å². The Labute approximate surface area is 156 Å². The first-order valence-corrected chi connectivity index (χ1v) is 9.68. The summed E-state index contributed by atoms with van der Waals surface area (Å²) < 4.78 is 36.2. The first-order valence-electron chi connectivity index (χ1n) is 9.68. The number of fused-ring (bicyclic) bond motifs is 3. The Morgan fingerprint density at radius 2 is 2.07 bits per heavy atom. The van der Waals surface area contributed by atoms with Gasteiger partial charge in [-0.05, 0) is 57.7 Å². The second-order valence-electron chi connectivity index (χ2n) is 8.37. The maximum atomic E-state index is 14.2. The number of benzene rings is 1. The number of rotatable bonds is 2. The van der Waals surface area contributed by atoms with E-state index in [2.05, 4.69) is 16.5 Å². The number of pyridine rings is 1. The molecule has 2 atom stereocenters. The second kappa shape index (κ2) is 5.96.